The molecule has 3 aromatic rings. The number of aromatic hydroxyl groups is 1. The van der Waals surface area contributed by atoms with Gasteiger partial charge in [0.05, 0.1) is 28.5 Å². The van der Waals surface area contributed by atoms with Gasteiger partial charge in [-0.15, -0.1) is 0 Å². The van der Waals surface area contributed by atoms with E-state index < -0.39 is 12.0 Å². The first-order valence-corrected chi connectivity index (χ1v) is 12.1. The zero-order valence-electron chi connectivity index (χ0n) is 18.2. The maximum Gasteiger partial charge on any atom is 0.338 e. The standard InChI is InChI=1S/C24H19BrN2O6S/c1-3-31-23(30)20-12(2)26-24-27(21(20)13-4-7-17-18(9-13)33-11-32-17)22(29)19(34-24)10-14-8-15(25)5-6-16(14)28/h4-10,21,28H,3,11H2,1-2H3/b19-10-/t21-/m1/s1. The number of hydrogen-bond acceptors (Lipinski definition) is 8. The van der Waals surface area contributed by atoms with Crippen LogP contribution >= 0.6 is 27.3 Å². The highest BCUT2D eigenvalue weighted by molar-refractivity contribution is 9.10. The maximum absolute atomic E-state index is 13.6. The van der Waals surface area contributed by atoms with Gasteiger partial charge in [0, 0.05) is 10.0 Å². The SMILES string of the molecule is CCOC(=O)C1=C(C)N=c2s/c(=C\c3cc(Br)ccc3O)c(=O)n2[C@@H]1c1ccc2c(c1)OCO2. The topological polar surface area (TPSA) is 99.4 Å². The fourth-order valence-corrected chi connectivity index (χ4v) is 5.39. The van der Waals surface area contributed by atoms with Crippen molar-refractivity contribution in [1.29, 1.82) is 0 Å². The van der Waals surface area contributed by atoms with Gasteiger partial charge in [0.15, 0.2) is 16.3 Å². The summed E-state index contributed by atoms with van der Waals surface area (Å²) >= 11 is 4.57. The number of nitrogens with zero attached hydrogens (tertiary/aromatic N) is 2. The Morgan fingerprint density at radius 3 is 2.88 bits per heavy atom. The quantitative estimate of drug-likeness (QED) is 0.509. The second-order valence-electron chi connectivity index (χ2n) is 7.62. The highest BCUT2D eigenvalue weighted by Crippen LogP contribution is 2.38. The van der Waals surface area contributed by atoms with Gasteiger partial charge in [-0.05, 0) is 55.8 Å². The molecule has 0 bridgehead atoms. The van der Waals surface area contributed by atoms with Gasteiger partial charge < -0.3 is 19.3 Å². The molecule has 0 amide bonds. The number of carbonyl (C=O) groups is 1. The third-order valence-electron chi connectivity index (χ3n) is 5.51. The van der Waals surface area contributed by atoms with E-state index in [4.69, 9.17) is 14.2 Å². The molecule has 0 radical (unpaired) electrons. The number of benzene rings is 2. The van der Waals surface area contributed by atoms with Crippen LogP contribution in [0, 0.1) is 0 Å². The average molecular weight is 543 g/mol. The van der Waals surface area contributed by atoms with Crippen LogP contribution in [-0.2, 0) is 9.53 Å². The van der Waals surface area contributed by atoms with E-state index in [-0.39, 0.29) is 30.3 Å². The second-order valence-corrected chi connectivity index (χ2v) is 9.54. The van der Waals surface area contributed by atoms with E-state index in [1.165, 1.54) is 15.9 Å². The Kier molecular flexibility index (Phi) is 5.78. The summed E-state index contributed by atoms with van der Waals surface area (Å²) in [6.07, 6.45) is 1.62. The zero-order chi connectivity index (χ0) is 24.0. The van der Waals surface area contributed by atoms with Crippen LogP contribution in [0.2, 0.25) is 0 Å². The van der Waals surface area contributed by atoms with Crippen molar-refractivity contribution in [2.75, 3.05) is 13.4 Å². The first kappa shape index (κ1) is 22.4. The number of fused-ring (bicyclic) bond motifs is 2. The molecule has 0 fully saturated rings. The summed E-state index contributed by atoms with van der Waals surface area (Å²) in [6.45, 7) is 3.75. The largest absolute Gasteiger partial charge is 0.507 e. The molecule has 0 saturated carbocycles. The lowest BCUT2D eigenvalue weighted by atomic mass is 9.95. The van der Waals surface area contributed by atoms with Crippen molar-refractivity contribution >= 4 is 39.3 Å². The van der Waals surface area contributed by atoms with E-state index in [2.05, 4.69) is 20.9 Å². The summed E-state index contributed by atoms with van der Waals surface area (Å²) in [5.74, 6) is 0.645. The van der Waals surface area contributed by atoms with Crippen molar-refractivity contribution in [2.45, 2.75) is 19.9 Å². The summed E-state index contributed by atoms with van der Waals surface area (Å²) < 4.78 is 18.9. The van der Waals surface area contributed by atoms with Crippen LogP contribution in [0.1, 0.15) is 31.0 Å². The summed E-state index contributed by atoms with van der Waals surface area (Å²) in [6, 6.07) is 9.54. The predicted octanol–water partition coefficient (Wildman–Crippen LogP) is 3.00. The van der Waals surface area contributed by atoms with Crippen LogP contribution in [0.15, 0.2) is 61.9 Å². The monoisotopic (exact) mass is 542 g/mol. The highest BCUT2D eigenvalue weighted by Gasteiger charge is 2.34. The number of thiazole rings is 1. The lowest BCUT2D eigenvalue weighted by Gasteiger charge is -2.24. The number of allylic oxidation sites excluding steroid dienone is 1. The zero-order valence-corrected chi connectivity index (χ0v) is 20.6. The Morgan fingerprint density at radius 1 is 1.29 bits per heavy atom. The second kappa shape index (κ2) is 8.77. The van der Waals surface area contributed by atoms with E-state index in [0.717, 1.165) is 4.47 Å². The lowest BCUT2D eigenvalue weighted by molar-refractivity contribution is -0.139. The van der Waals surface area contributed by atoms with Crippen LogP contribution in [0.25, 0.3) is 6.08 Å². The number of esters is 1. The first-order chi connectivity index (χ1) is 16.4. The molecular weight excluding hydrogens is 524 g/mol. The van der Waals surface area contributed by atoms with Crippen molar-refractivity contribution in [3.63, 3.8) is 0 Å². The number of aromatic nitrogens is 1. The molecule has 1 N–H and O–H groups in total. The molecule has 0 unspecified atom stereocenters. The van der Waals surface area contributed by atoms with Crippen molar-refractivity contribution < 1.29 is 24.1 Å². The van der Waals surface area contributed by atoms with Crippen LogP contribution in [0.3, 0.4) is 0 Å². The van der Waals surface area contributed by atoms with Gasteiger partial charge in [0.25, 0.3) is 5.56 Å². The van der Waals surface area contributed by atoms with Gasteiger partial charge in [0.2, 0.25) is 6.79 Å². The summed E-state index contributed by atoms with van der Waals surface area (Å²) in [7, 11) is 0. The average Bonchev–Trinajstić information content (AvgIpc) is 3.39. The normalized spacial score (nSPS) is 16.9. The van der Waals surface area contributed by atoms with E-state index in [0.29, 0.717) is 37.7 Å². The van der Waals surface area contributed by atoms with Gasteiger partial charge in [-0.25, -0.2) is 9.79 Å². The molecule has 2 aliphatic rings. The Bertz CT molecular complexity index is 1540. The van der Waals surface area contributed by atoms with E-state index in [1.54, 1.807) is 56.3 Å². The Hall–Kier alpha value is -3.37. The van der Waals surface area contributed by atoms with E-state index >= 15 is 0 Å². The third kappa shape index (κ3) is 3.82. The molecule has 3 heterocycles. The third-order valence-corrected chi connectivity index (χ3v) is 6.98. The Labute approximate surface area is 206 Å². The lowest BCUT2D eigenvalue weighted by Crippen LogP contribution is -2.39. The molecule has 1 atom stereocenters. The molecule has 0 aliphatic carbocycles. The number of halogens is 1. The Balaban J connectivity index is 1.74. The van der Waals surface area contributed by atoms with Gasteiger partial charge in [0.1, 0.15) is 5.75 Å². The van der Waals surface area contributed by atoms with Gasteiger partial charge in [-0.1, -0.05) is 33.3 Å². The van der Waals surface area contributed by atoms with Crippen LogP contribution < -0.4 is 24.4 Å². The molecule has 8 nitrogen and oxygen atoms in total. The minimum absolute atomic E-state index is 0.0461. The molecule has 2 aliphatic heterocycles. The fourth-order valence-electron chi connectivity index (χ4n) is 3.97. The van der Waals surface area contributed by atoms with Gasteiger partial charge in [-0.2, -0.15) is 0 Å². The molecular formula is C24H19BrN2O6S. The maximum atomic E-state index is 13.6. The number of phenols is 1. The van der Waals surface area contributed by atoms with Crippen molar-refractivity contribution in [1.82, 2.24) is 4.57 Å². The molecule has 10 heteroatoms. The van der Waals surface area contributed by atoms with Crippen molar-refractivity contribution in [3.05, 3.63) is 83.0 Å². The highest BCUT2D eigenvalue weighted by atomic mass is 79.9. The van der Waals surface area contributed by atoms with Gasteiger partial charge in [-0.3, -0.25) is 9.36 Å². The van der Waals surface area contributed by atoms with E-state index in [1.807, 2.05) is 0 Å². The fraction of sp³-hybridized carbons (Fsp3) is 0.208. The summed E-state index contributed by atoms with van der Waals surface area (Å²) in [5, 5.41) is 10.3. The molecule has 1 aromatic heterocycles. The molecule has 5 rings (SSSR count). The number of rotatable bonds is 4. The Morgan fingerprint density at radius 2 is 2.09 bits per heavy atom. The number of carbonyl (C=O) groups excluding carboxylic acids is 1. The molecule has 0 saturated heterocycles. The molecule has 0 spiro atoms. The smallest absolute Gasteiger partial charge is 0.338 e. The van der Waals surface area contributed by atoms with E-state index in [9.17, 15) is 14.7 Å². The van der Waals surface area contributed by atoms with Crippen LogP contribution in [0.5, 0.6) is 17.2 Å². The minimum atomic E-state index is -0.761. The van der Waals surface area contributed by atoms with Gasteiger partial charge >= 0.3 is 5.97 Å². The first-order valence-electron chi connectivity index (χ1n) is 10.4. The molecule has 174 valence electrons. The van der Waals surface area contributed by atoms with Crippen molar-refractivity contribution in [2.24, 2.45) is 4.99 Å². The molecule has 2 aromatic carbocycles. The van der Waals surface area contributed by atoms with Crippen molar-refractivity contribution in [3.8, 4) is 17.2 Å². The number of hydrogen-bond donors (Lipinski definition) is 1. The predicted molar refractivity (Wildman–Crippen MR) is 129 cm³/mol. The minimum Gasteiger partial charge on any atom is -0.507 e. The summed E-state index contributed by atoms with van der Waals surface area (Å²) in [5.41, 5.74) is 1.57. The van der Waals surface area contributed by atoms with Crippen LogP contribution in [0.4, 0.5) is 0 Å². The number of ether oxygens (including phenoxy) is 3. The number of phenolic OH excluding ortho intramolecular Hbond substituents is 1. The summed E-state index contributed by atoms with van der Waals surface area (Å²) in [4.78, 5) is 31.6. The molecule has 34 heavy (non-hydrogen) atoms. The van der Waals surface area contributed by atoms with Crippen LogP contribution in [-0.4, -0.2) is 29.0 Å².